The Balaban J connectivity index is 2.49. The van der Waals surface area contributed by atoms with Crippen molar-refractivity contribution in [2.45, 2.75) is 6.92 Å². The van der Waals surface area contributed by atoms with Crippen LogP contribution in [0.1, 0.15) is 5.56 Å². The highest BCUT2D eigenvalue weighted by Gasteiger charge is 2.04. The number of aryl methyl sites for hydroxylation is 1. The predicted octanol–water partition coefficient (Wildman–Crippen LogP) is 3.80. The van der Waals surface area contributed by atoms with Gasteiger partial charge in [0.25, 0.3) is 0 Å². The van der Waals surface area contributed by atoms with Gasteiger partial charge >= 0.3 is 0 Å². The van der Waals surface area contributed by atoms with Gasteiger partial charge < -0.3 is 0 Å². The number of hydrogen-bond acceptors (Lipinski definition) is 1. The first-order chi connectivity index (χ1) is 7.16. The molecule has 0 saturated heterocycles. The Morgan fingerprint density at radius 2 is 1.87 bits per heavy atom. The third-order valence-corrected chi connectivity index (χ3v) is 2.92. The lowest BCUT2D eigenvalue weighted by atomic mass is 10.1. The van der Waals surface area contributed by atoms with Crippen molar-refractivity contribution in [3.05, 3.63) is 51.5 Å². The Kier molecular flexibility index (Phi) is 3.00. The quantitative estimate of drug-likeness (QED) is 0.730. The molecule has 0 aliphatic carbocycles. The number of benzene rings is 1. The van der Waals surface area contributed by atoms with Crippen molar-refractivity contribution in [3.8, 4) is 11.3 Å². The predicted molar refractivity (Wildman–Crippen MR) is 67.1 cm³/mol. The molecular formula is C12H9FIN. The number of rotatable bonds is 1. The Bertz CT molecular complexity index is 479. The van der Waals surface area contributed by atoms with Gasteiger partial charge in [0.15, 0.2) is 0 Å². The second-order valence-corrected chi connectivity index (χ2v) is 4.51. The number of hydrogen-bond donors (Lipinski definition) is 0. The molecule has 0 amide bonds. The summed E-state index contributed by atoms with van der Waals surface area (Å²) in [5, 5.41) is 0. The van der Waals surface area contributed by atoms with Crippen LogP contribution in [0.15, 0.2) is 36.5 Å². The Morgan fingerprint density at radius 3 is 2.47 bits per heavy atom. The van der Waals surface area contributed by atoms with Crippen LogP contribution in [0.2, 0.25) is 0 Å². The summed E-state index contributed by atoms with van der Waals surface area (Å²) in [4.78, 5) is 4.35. The third-order valence-electron chi connectivity index (χ3n) is 2.10. The van der Waals surface area contributed by atoms with E-state index in [2.05, 4.69) is 33.6 Å². The van der Waals surface area contributed by atoms with Gasteiger partial charge in [-0.3, -0.25) is 4.98 Å². The largest absolute Gasteiger partial charge is 0.255 e. The van der Waals surface area contributed by atoms with Gasteiger partial charge in [-0.15, -0.1) is 0 Å². The zero-order valence-electron chi connectivity index (χ0n) is 8.17. The lowest BCUT2D eigenvalue weighted by molar-refractivity contribution is 0.628. The van der Waals surface area contributed by atoms with Gasteiger partial charge in [-0.25, -0.2) is 4.39 Å². The third kappa shape index (κ3) is 2.34. The normalized spacial score (nSPS) is 10.3. The van der Waals surface area contributed by atoms with Crippen LogP contribution >= 0.6 is 22.6 Å². The van der Waals surface area contributed by atoms with E-state index in [0.29, 0.717) is 0 Å². The Labute approximate surface area is 102 Å². The molecule has 0 fully saturated rings. The van der Waals surface area contributed by atoms with Crippen LogP contribution in [0.4, 0.5) is 4.39 Å². The van der Waals surface area contributed by atoms with Crippen LogP contribution < -0.4 is 0 Å². The molecule has 1 heterocycles. The van der Waals surface area contributed by atoms with Crippen LogP contribution in [0.3, 0.4) is 0 Å². The van der Waals surface area contributed by atoms with Crippen molar-refractivity contribution in [2.75, 3.05) is 0 Å². The summed E-state index contributed by atoms with van der Waals surface area (Å²) < 4.78 is 13.8. The van der Waals surface area contributed by atoms with E-state index in [1.807, 2.05) is 13.1 Å². The monoisotopic (exact) mass is 313 g/mol. The average molecular weight is 313 g/mol. The SMILES string of the molecule is Cc1cnc(-c2ccc(F)cc2)c(I)c1. The molecule has 15 heavy (non-hydrogen) atoms. The fourth-order valence-corrected chi connectivity index (χ4v) is 2.30. The van der Waals surface area contributed by atoms with Crippen LogP contribution in [0.5, 0.6) is 0 Å². The van der Waals surface area contributed by atoms with Crippen LogP contribution in [-0.2, 0) is 0 Å². The van der Waals surface area contributed by atoms with E-state index in [0.717, 1.165) is 20.4 Å². The molecule has 2 rings (SSSR count). The van der Waals surface area contributed by atoms with Gasteiger partial charge in [0.1, 0.15) is 5.82 Å². The lowest BCUT2D eigenvalue weighted by Gasteiger charge is -2.04. The molecule has 0 bridgehead atoms. The highest BCUT2D eigenvalue weighted by atomic mass is 127. The molecule has 0 atom stereocenters. The summed E-state index contributed by atoms with van der Waals surface area (Å²) in [7, 11) is 0. The van der Waals surface area contributed by atoms with E-state index < -0.39 is 0 Å². The van der Waals surface area contributed by atoms with Crippen molar-refractivity contribution in [2.24, 2.45) is 0 Å². The molecule has 0 spiro atoms. The first-order valence-electron chi connectivity index (χ1n) is 4.55. The van der Waals surface area contributed by atoms with Gasteiger partial charge in [0, 0.05) is 15.3 Å². The summed E-state index contributed by atoms with van der Waals surface area (Å²) in [5.41, 5.74) is 2.98. The topological polar surface area (TPSA) is 12.9 Å². The fraction of sp³-hybridized carbons (Fsp3) is 0.0833. The molecule has 1 aromatic carbocycles. The molecule has 0 aliphatic rings. The maximum Gasteiger partial charge on any atom is 0.123 e. The zero-order valence-corrected chi connectivity index (χ0v) is 10.3. The van der Waals surface area contributed by atoms with Crippen LogP contribution in [-0.4, -0.2) is 4.98 Å². The zero-order chi connectivity index (χ0) is 10.8. The summed E-state index contributed by atoms with van der Waals surface area (Å²) in [5.74, 6) is -0.221. The van der Waals surface area contributed by atoms with Gasteiger partial charge in [-0.1, -0.05) is 0 Å². The van der Waals surface area contributed by atoms with Crippen molar-refractivity contribution >= 4 is 22.6 Å². The van der Waals surface area contributed by atoms with Crippen molar-refractivity contribution in [1.29, 1.82) is 0 Å². The standard InChI is InChI=1S/C12H9FIN/c1-8-6-11(14)12(15-7-8)9-2-4-10(13)5-3-9/h2-7H,1H3. The number of nitrogens with zero attached hydrogens (tertiary/aromatic N) is 1. The van der Waals surface area contributed by atoms with Gasteiger partial charge in [0.05, 0.1) is 5.69 Å². The Hall–Kier alpha value is -0.970. The summed E-state index contributed by atoms with van der Waals surface area (Å²) in [6, 6.07) is 8.45. The minimum Gasteiger partial charge on any atom is -0.255 e. The number of aromatic nitrogens is 1. The second kappa shape index (κ2) is 4.26. The lowest BCUT2D eigenvalue weighted by Crippen LogP contribution is -1.89. The minimum atomic E-state index is -0.221. The molecule has 0 saturated carbocycles. The fourth-order valence-electron chi connectivity index (χ4n) is 1.35. The first-order valence-corrected chi connectivity index (χ1v) is 5.63. The molecule has 1 aromatic heterocycles. The van der Waals surface area contributed by atoms with Crippen LogP contribution in [0.25, 0.3) is 11.3 Å². The molecule has 1 nitrogen and oxygen atoms in total. The van der Waals surface area contributed by atoms with Gasteiger partial charge in [-0.05, 0) is 65.4 Å². The van der Waals surface area contributed by atoms with Crippen molar-refractivity contribution in [3.63, 3.8) is 0 Å². The number of halogens is 2. The average Bonchev–Trinajstić information content (AvgIpc) is 2.20. The van der Waals surface area contributed by atoms with Crippen LogP contribution in [0, 0.1) is 16.3 Å². The highest BCUT2D eigenvalue weighted by molar-refractivity contribution is 14.1. The molecule has 3 heteroatoms. The molecular weight excluding hydrogens is 304 g/mol. The van der Waals surface area contributed by atoms with Gasteiger partial charge in [0.2, 0.25) is 0 Å². The molecule has 0 unspecified atom stereocenters. The number of pyridine rings is 1. The molecule has 0 radical (unpaired) electrons. The summed E-state index contributed by atoms with van der Waals surface area (Å²) in [6.07, 6.45) is 1.82. The van der Waals surface area contributed by atoms with E-state index in [9.17, 15) is 4.39 Å². The first kappa shape index (κ1) is 10.5. The van der Waals surface area contributed by atoms with E-state index in [1.54, 1.807) is 12.1 Å². The Morgan fingerprint density at radius 1 is 1.20 bits per heavy atom. The molecule has 0 aliphatic heterocycles. The minimum absolute atomic E-state index is 0.221. The maximum atomic E-state index is 12.7. The maximum absolute atomic E-state index is 12.7. The van der Waals surface area contributed by atoms with E-state index in [1.165, 1.54) is 12.1 Å². The van der Waals surface area contributed by atoms with E-state index in [4.69, 9.17) is 0 Å². The van der Waals surface area contributed by atoms with Crippen molar-refractivity contribution in [1.82, 2.24) is 4.98 Å². The van der Waals surface area contributed by atoms with E-state index in [-0.39, 0.29) is 5.82 Å². The van der Waals surface area contributed by atoms with E-state index >= 15 is 0 Å². The van der Waals surface area contributed by atoms with Crippen molar-refractivity contribution < 1.29 is 4.39 Å². The molecule has 2 aromatic rings. The summed E-state index contributed by atoms with van der Waals surface area (Å²) >= 11 is 2.24. The summed E-state index contributed by atoms with van der Waals surface area (Å²) in [6.45, 7) is 2.00. The highest BCUT2D eigenvalue weighted by Crippen LogP contribution is 2.23. The smallest absolute Gasteiger partial charge is 0.123 e. The second-order valence-electron chi connectivity index (χ2n) is 3.35. The molecule has 0 N–H and O–H groups in total. The van der Waals surface area contributed by atoms with Gasteiger partial charge in [-0.2, -0.15) is 0 Å². The molecule has 76 valence electrons.